The van der Waals surface area contributed by atoms with E-state index in [9.17, 15) is 4.79 Å². The van der Waals surface area contributed by atoms with Crippen molar-refractivity contribution in [3.63, 3.8) is 0 Å². The summed E-state index contributed by atoms with van der Waals surface area (Å²) in [6, 6.07) is 10.7. The fraction of sp³-hybridized carbons (Fsp3) is 0.680. The highest BCUT2D eigenvalue weighted by Gasteiger charge is 2.28. The number of likely N-dealkylation sites (tertiary alicyclic amines) is 1. The topological polar surface area (TPSA) is 69.2 Å². The van der Waals surface area contributed by atoms with Gasteiger partial charge in [-0.2, -0.15) is 0 Å². The minimum absolute atomic E-state index is 0. The van der Waals surface area contributed by atoms with Crippen LogP contribution in [0.5, 0.6) is 0 Å². The molecule has 3 rings (SSSR count). The summed E-state index contributed by atoms with van der Waals surface area (Å²) in [5.74, 6) is 1.49. The van der Waals surface area contributed by atoms with Crippen LogP contribution in [0.25, 0.3) is 0 Å². The third-order valence-electron chi connectivity index (χ3n) is 6.61. The molecule has 0 spiro atoms. The number of amides is 1. The SMILES string of the molecule is CCNC(=NCC(=O)N1CCC(Cc2ccccc2)CC1)NCC(C)(C)N1CCOCC1.I. The van der Waals surface area contributed by atoms with E-state index in [0.717, 1.165) is 71.7 Å². The standard InChI is InChI=1S/C25H41N5O2.HI/c1-4-26-24(28-20-25(2,3)30-14-16-32-17-15-30)27-19-23(31)29-12-10-22(11-13-29)18-21-8-6-5-7-9-21;/h5-9,22H,4,10-20H2,1-3H3,(H2,26,27,28);1H. The van der Waals surface area contributed by atoms with Crippen LogP contribution in [-0.2, 0) is 16.0 Å². The van der Waals surface area contributed by atoms with E-state index in [1.165, 1.54) is 5.56 Å². The van der Waals surface area contributed by atoms with Gasteiger partial charge in [-0.1, -0.05) is 30.3 Å². The zero-order chi connectivity index (χ0) is 22.8. The Balaban J connectivity index is 0.00000385. The number of rotatable bonds is 8. The molecule has 186 valence electrons. The monoisotopic (exact) mass is 571 g/mol. The van der Waals surface area contributed by atoms with Gasteiger partial charge in [0.25, 0.3) is 0 Å². The number of halogens is 1. The lowest BCUT2D eigenvalue weighted by molar-refractivity contribution is -0.130. The van der Waals surface area contributed by atoms with Crippen LogP contribution < -0.4 is 10.6 Å². The van der Waals surface area contributed by atoms with Gasteiger partial charge in [0.15, 0.2) is 5.96 Å². The predicted molar refractivity (Wildman–Crippen MR) is 145 cm³/mol. The molecule has 0 saturated carbocycles. The van der Waals surface area contributed by atoms with E-state index in [1.807, 2.05) is 11.8 Å². The number of ether oxygens (including phenoxy) is 1. The van der Waals surface area contributed by atoms with Crippen LogP contribution in [-0.4, -0.2) is 86.2 Å². The molecule has 2 heterocycles. The van der Waals surface area contributed by atoms with Crippen molar-refractivity contribution >= 4 is 35.8 Å². The zero-order valence-corrected chi connectivity index (χ0v) is 22.8. The molecule has 2 saturated heterocycles. The summed E-state index contributed by atoms with van der Waals surface area (Å²) in [6.07, 6.45) is 3.24. The zero-order valence-electron chi connectivity index (χ0n) is 20.5. The van der Waals surface area contributed by atoms with Crippen molar-refractivity contribution in [2.45, 2.75) is 45.6 Å². The van der Waals surface area contributed by atoms with E-state index >= 15 is 0 Å². The van der Waals surface area contributed by atoms with E-state index < -0.39 is 0 Å². The van der Waals surface area contributed by atoms with Gasteiger partial charge in [-0.15, -0.1) is 24.0 Å². The number of nitrogens with one attached hydrogen (secondary N) is 2. The van der Waals surface area contributed by atoms with Crippen LogP contribution in [0.1, 0.15) is 39.2 Å². The van der Waals surface area contributed by atoms with E-state index in [0.29, 0.717) is 11.9 Å². The molecule has 2 fully saturated rings. The Morgan fingerprint density at radius 3 is 2.39 bits per heavy atom. The van der Waals surface area contributed by atoms with Gasteiger partial charge < -0.3 is 20.3 Å². The normalized spacial score (nSPS) is 18.5. The highest BCUT2D eigenvalue weighted by Crippen LogP contribution is 2.21. The molecule has 1 aromatic rings. The minimum Gasteiger partial charge on any atom is -0.379 e. The molecule has 0 aromatic heterocycles. The number of morpholine rings is 1. The maximum Gasteiger partial charge on any atom is 0.244 e. The molecule has 0 radical (unpaired) electrons. The Morgan fingerprint density at radius 2 is 1.76 bits per heavy atom. The second-order valence-electron chi connectivity index (χ2n) is 9.47. The van der Waals surface area contributed by atoms with Crippen molar-refractivity contribution in [2.24, 2.45) is 10.9 Å². The molecule has 2 aliphatic rings. The van der Waals surface area contributed by atoms with Crippen molar-refractivity contribution in [1.82, 2.24) is 20.4 Å². The summed E-state index contributed by atoms with van der Waals surface area (Å²) in [5.41, 5.74) is 1.38. The van der Waals surface area contributed by atoms with Crippen LogP contribution in [0.4, 0.5) is 0 Å². The van der Waals surface area contributed by atoms with Gasteiger partial charge in [-0.05, 0) is 51.5 Å². The molecule has 0 atom stereocenters. The molecule has 0 aliphatic carbocycles. The second kappa shape index (κ2) is 14.1. The summed E-state index contributed by atoms with van der Waals surface area (Å²) >= 11 is 0. The van der Waals surface area contributed by atoms with Crippen molar-refractivity contribution in [3.05, 3.63) is 35.9 Å². The average Bonchev–Trinajstić information content (AvgIpc) is 2.82. The first-order chi connectivity index (χ1) is 15.5. The van der Waals surface area contributed by atoms with Gasteiger partial charge >= 0.3 is 0 Å². The first-order valence-electron chi connectivity index (χ1n) is 12.1. The molecule has 1 amide bonds. The highest BCUT2D eigenvalue weighted by atomic mass is 127. The number of carbonyl (C=O) groups excluding carboxylic acids is 1. The van der Waals surface area contributed by atoms with Gasteiger partial charge in [-0.25, -0.2) is 4.99 Å². The Kier molecular flexibility index (Phi) is 11.9. The second-order valence-corrected chi connectivity index (χ2v) is 9.47. The number of carbonyl (C=O) groups is 1. The number of aliphatic imine (C=N–C) groups is 1. The lowest BCUT2D eigenvalue weighted by atomic mass is 9.90. The Bertz CT molecular complexity index is 730. The van der Waals surface area contributed by atoms with Crippen LogP contribution in [0, 0.1) is 5.92 Å². The van der Waals surface area contributed by atoms with E-state index in [4.69, 9.17) is 4.74 Å². The molecular weight excluding hydrogens is 529 g/mol. The summed E-state index contributed by atoms with van der Waals surface area (Å²) < 4.78 is 5.48. The van der Waals surface area contributed by atoms with Gasteiger partial charge in [0.2, 0.25) is 5.91 Å². The van der Waals surface area contributed by atoms with Crippen LogP contribution in [0.15, 0.2) is 35.3 Å². The summed E-state index contributed by atoms with van der Waals surface area (Å²) in [4.78, 5) is 21.8. The maximum absolute atomic E-state index is 12.8. The first-order valence-corrected chi connectivity index (χ1v) is 12.1. The van der Waals surface area contributed by atoms with Gasteiger partial charge in [0.1, 0.15) is 6.54 Å². The lowest BCUT2D eigenvalue weighted by Crippen LogP contribution is -2.56. The van der Waals surface area contributed by atoms with E-state index in [2.05, 4.69) is 64.7 Å². The van der Waals surface area contributed by atoms with Crippen LogP contribution >= 0.6 is 24.0 Å². The highest BCUT2D eigenvalue weighted by molar-refractivity contribution is 14.0. The van der Waals surface area contributed by atoms with E-state index in [1.54, 1.807) is 0 Å². The van der Waals surface area contributed by atoms with Crippen molar-refractivity contribution in [2.75, 3.05) is 59.0 Å². The molecule has 1 aromatic carbocycles. The quantitative estimate of drug-likeness (QED) is 0.286. The summed E-state index contributed by atoms with van der Waals surface area (Å²) in [6.45, 7) is 13.4. The summed E-state index contributed by atoms with van der Waals surface area (Å²) in [7, 11) is 0. The number of hydrogen-bond acceptors (Lipinski definition) is 4. The fourth-order valence-electron chi connectivity index (χ4n) is 4.50. The smallest absolute Gasteiger partial charge is 0.244 e. The molecule has 7 nitrogen and oxygen atoms in total. The average molecular weight is 572 g/mol. The number of piperidine rings is 1. The minimum atomic E-state index is -0.00931. The third-order valence-corrected chi connectivity index (χ3v) is 6.61. The van der Waals surface area contributed by atoms with Crippen molar-refractivity contribution < 1.29 is 9.53 Å². The Labute approximate surface area is 216 Å². The van der Waals surface area contributed by atoms with Crippen molar-refractivity contribution in [1.29, 1.82) is 0 Å². The molecular formula is C25H42IN5O2. The van der Waals surface area contributed by atoms with Crippen molar-refractivity contribution in [3.8, 4) is 0 Å². The van der Waals surface area contributed by atoms with Gasteiger partial charge in [0.05, 0.1) is 13.2 Å². The number of nitrogens with zero attached hydrogens (tertiary/aromatic N) is 3. The molecule has 2 aliphatic heterocycles. The molecule has 0 bridgehead atoms. The number of hydrogen-bond donors (Lipinski definition) is 2. The number of benzene rings is 1. The van der Waals surface area contributed by atoms with E-state index in [-0.39, 0.29) is 42.0 Å². The van der Waals surface area contributed by atoms with Crippen LogP contribution in [0.3, 0.4) is 0 Å². The van der Waals surface area contributed by atoms with Gasteiger partial charge in [0, 0.05) is 44.8 Å². The van der Waals surface area contributed by atoms with Gasteiger partial charge in [-0.3, -0.25) is 9.69 Å². The molecule has 33 heavy (non-hydrogen) atoms. The Hall–Kier alpha value is -1.39. The molecule has 2 N–H and O–H groups in total. The summed E-state index contributed by atoms with van der Waals surface area (Å²) in [5, 5.41) is 6.71. The maximum atomic E-state index is 12.8. The molecule has 8 heteroatoms. The third kappa shape index (κ3) is 9.05. The predicted octanol–water partition coefficient (Wildman–Crippen LogP) is 2.75. The first kappa shape index (κ1) is 27.9. The largest absolute Gasteiger partial charge is 0.379 e. The lowest BCUT2D eigenvalue weighted by Gasteiger charge is -2.41. The molecule has 0 unspecified atom stereocenters. The Morgan fingerprint density at radius 1 is 1.09 bits per heavy atom. The van der Waals surface area contributed by atoms with Crippen LogP contribution in [0.2, 0.25) is 0 Å². The fourth-order valence-corrected chi connectivity index (χ4v) is 4.50. The number of guanidine groups is 1.